The van der Waals surface area contributed by atoms with Gasteiger partial charge in [0.1, 0.15) is 0 Å². The van der Waals surface area contributed by atoms with E-state index in [0.29, 0.717) is 6.42 Å². The van der Waals surface area contributed by atoms with Gasteiger partial charge in [-0.15, -0.1) is 0 Å². The Morgan fingerprint density at radius 3 is 2.05 bits per heavy atom. The SMILES string of the molecule is C/C1=C\C=C(\C(C)C)C(=O)C/C(C)=C/CC/C(C)=C/CC1. The van der Waals surface area contributed by atoms with Crippen molar-refractivity contribution in [2.24, 2.45) is 5.92 Å². The van der Waals surface area contributed by atoms with E-state index < -0.39 is 0 Å². The third-order valence-electron chi connectivity index (χ3n) is 3.99. The molecule has 1 rings (SSSR count). The first-order valence-corrected chi connectivity index (χ1v) is 8.12. The maximum Gasteiger partial charge on any atom is 0.163 e. The summed E-state index contributed by atoms with van der Waals surface area (Å²) >= 11 is 0. The maximum absolute atomic E-state index is 12.5. The van der Waals surface area contributed by atoms with Crippen LogP contribution in [0, 0.1) is 5.92 Å². The molecule has 0 unspecified atom stereocenters. The zero-order chi connectivity index (χ0) is 15.8. The second kappa shape index (κ2) is 8.81. The summed E-state index contributed by atoms with van der Waals surface area (Å²) in [5, 5.41) is 0. The van der Waals surface area contributed by atoms with E-state index in [9.17, 15) is 4.79 Å². The molecular formula is C20H30O. The van der Waals surface area contributed by atoms with E-state index in [2.05, 4.69) is 52.8 Å². The lowest BCUT2D eigenvalue weighted by molar-refractivity contribution is -0.115. The molecule has 0 fully saturated rings. The number of carbonyl (C=O) groups is 1. The first kappa shape index (κ1) is 17.7. The lowest BCUT2D eigenvalue weighted by atomic mass is 9.93. The minimum atomic E-state index is 0.270. The van der Waals surface area contributed by atoms with Crippen molar-refractivity contribution in [3.8, 4) is 0 Å². The van der Waals surface area contributed by atoms with E-state index in [-0.39, 0.29) is 11.7 Å². The van der Waals surface area contributed by atoms with Crippen molar-refractivity contribution >= 4 is 5.78 Å². The van der Waals surface area contributed by atoms with E-state index in [1.54, 1.807) is 0 Å². The quantitative estimate of drug-likeness (QED) is 0.545. The van der Waals surface area contributed by atoms with Gasteiger partial charge in [0.05, 0.1) is 0 Å². The Hall–Kier alpha value is -1.37. The molecule has 0 atom stereocenters. The van der Waals surface area contributed by atoms with Crippen LogP contribution in [0.2, 0.25) is 0 Å². The lowest BCUT2D eigenvalue weighted by Gasteiger charge is -2.11. The van der Waals surface area contributed by atoms with Crippen molar-refractivity contribution in [3.05, 3.63) is 46.6 Å². The Morgan fingerprint density at radius 1 is 0.857 bits per heavy atom. The van der Waals surface area contributed by atoms with Gasteiger partial charge in [-0.25, -0.2) is 0 Å². The first-order chi connectivity index (χ1) is 9.90. The van der Waals surface area contributed by atoms with Gasteiger partial charge in [-0.3, -0.25) is 4.79 Å². The van der Waals surface area contributed by atoms with Crippen molar-refractivity contribution in [2.75, 3.05) is 0 Å². The fourth-order valence-corrected chi connectivity index (χ4v) is 2.54. The van der Waals surface area contributed by atoms with Crippen LogP contribution >= 0.6 is 0 Å². The highest BCUT2D eigenvalue weighted by Gasteiger charge is 2.13. The topological polar surface area (TPSA) is 17.1 Å². The molecule has 0 saturated carbocycles. The summed E-state index contributed by atoms with van der Waals surface area (Å²) in [6.45, 7) is 10.6. The molecule has 0 spiro atoms. The Kier molecular flexibility index (Phi) is 7.42. The predicted octanol–water partition coefficient (Wildman–Crippen LogP) is 5.94. The Morgan fingerprint density at radius 2 is 1.43 bits per heavy atom. The molecule has 0 bridgehead atoms. The number of hydrogen-bond donors (Lipinski definition) is 0. The number of hydrogen-bond acceptors (Lipinski definition) is 1. The first-order valence-electron chi connectivity index (χ1n) is 8.12. The van der Waals surface area contributed by atoms with Crippen LogP contribution in [0.1, 0.15) is 66.7 Å². The Bertz CT molecular complexity index is 484. The largest absolute Gasteiger partial charge is 0.294 e. The molecule has 116 valence electrons. The van der Waals surface area contributed by atoms with Gasteiger partial charge < -0.3 is 0 Å². The molecule has 1 aliphatic carbocycles. The summed E-state index contributed by atoms with van der Waals surface area (Å²) in [5.41, 5.74) is 4.94. The van der Waals surface area contributed by atoms with Gasteiger partial charge in [0.15, 0.2) is 5.78 Å². The van der Waals surface area contributed by atoms with Crippen LogP contribution in [0.4, 0.5) is 0 Å². The van der Waals surface area contributed by atoms with Gasteiger partial charge >= 0.3 is 0 Å². The normalized spacial score (nSPS) is 29.3. The molecule has 21 heavy (non-hydrogen) atoms. The minimum Gasteiger partial charge on any atom is -0.294 e. The summed E-state index contributed by atoms with van der Waals surface area (Å²) in [7, 11) is 0. The van der Waals surface area contributed by atoms with Gasteiger partial charge in [0.25, 0.3) is 0 Å². The van der Waals surface area contributed by atoms with Gasteiger partial charge in [-0.1, -0.05) is 54.9 Å². The summed E-state index contributed by atoms with van der Waals surface area (Å²) in [6.07, 6.45) is 13.6. The Labute approximate surface area is 130 Å². The van der Waals surface area contributed by atoms with Crippen LogP contribution in [-0.2, 0) is 4.79 Å². The lowest BCUT2D eigenvalue weighted by Crippen LogP contribution is -2.08. The highest BCUT2D eigenvalue weighted by Crippen LogP contribution is 2.19. The average Bonchev–Trinajstić information content (AvgIpc) is 2.37. The van der Waals surface area contributed by atoms with E-state index in [4.69, 9.17) is 0 Å². The molecule has 1 aliphatic rings. The van der Waals surface area contributed by atoms with Crippen LogP contribution in [0.5, 0.6) is 0 Å². The van der Waals surface area contributed by atoms with Crippen molar-refractivity contribution in [3.63, 3.8) is 0 Å². The van der Waals surface area contributed by atoms with Crippen LogP contribution in [0.15, 0.2) is 46.6 Å². The highest BCUT2D eigenvalue weighted by molar-refractivity contribution is 5.97. The molecular weight excluding hydrogens is 256 g/mol. The Balaban J connectivity index is 3.03. The number of Topliss-reactive ketones (excluding diaryl/α,β-unsaturated/α-hetero) is 1. The van der Waals surface area contributed by atoms with E-state index in [1.807, 2.05) is 6.08 Å². The van der Waals surface area contributed by atoms with Gasteiger partial charge in [0.2, 0.25) is 0 Å². The van der Waals surface area contributed by atoms with Crippen molar-refractivity contribution in [1.29, 1.82) is 0 Å². The third kappa shape index (κ3) is 6.75. The molecule has 1 heteroatoms. The van der Waals surface area contributed by atoms with Crippen molar-refractivity contribution < 1.29 is 4.79 Å². The van der Waals surface area contributed by atoms with Crippen LogP contribution in [-0.4, -0.2) is 5.78 Å². The molecule has 0 amide bonds. The zero-order valence-electron chi connectivity index (χ0n) is 14.3. The number of rotatable bonds is 1. The summed E-state index contributed by atoms with van der Waals surface area (Å²) in [5.74, 6) is 0.552. The molecule has 0 aliphatic heterocycles. The second-order valence-corrected chi connectivity index (χ2v) is 6.57. The maximum atomic E-state index is 12.5. The molecule has 0 saturated heterocycles. The molecule has 0 heterocycles. The standard InChI is InChI=1S/C20H30O/c1-15(2)19-13-12-17(4)10-6-8-16(3)9-7-11-18(5)14-20(19)21/h8,11-13,15H,6-7,9-10,14H2,1-5H3/b16-8+,17-12+,18-11+,19-13-. The summed E-state index contributed by atoms with van der Waals surface area (Å²) < 4.78 is 0. The third-order valence-corrected chi connectivity index (χ3v) is 3.99. The van der Waals surface area contributed by atoms with Crippen LogP contribution in [0.3, 0.4) is 0 Å². The van der Waals surface area contributed by atoms with E-state index >= 15 is 0 Å². The number of carbonyl (C=O) groups excluding carboxylic acids is 1. The molecule has 0 aromatic carbocycles. The fourth-order valence-electron chi connectivity index (χ4n) is 2.54. The van der Waals surface area contributed by atoms with Crippen LogP contribution in [0.25, 0.3) is 0 Å². The number of allylic oxidation sites excluding steroid dienone is 8. The number of ketones is 1. The molecule has 0 radical (unpaired) electrons. The van der Waals surface area contributed by atoms with Gasteiger partial charge in [-0.05, 0) is 57.9 Å². The molecule has 0 aromatic heterocycles. The minimum absolute atomic E-state index is 0.270. The molecule has 0 aromatic rings. The van der Waals surface area contributed by atoms with Crippen molar-refractivity contribution in [2.45, 2.75) is 66.7 Å². The average molecular weight is 286 g/mol. The van der Waals surface area contributed by atoms with Gasteiger partial charge in [0, 0.05) is 6.42 Å². The molecule has 1 nitrogen and oxygen atoms in total. The van der Waals surface area contributed by atoms with Gasteiger partial charge in [-0.2, -0.15) is 0 Å². The predicted molar refractivity (Wildman–Crippen MR) is 92.3 cm³/mol. The smallest absolute Gasteiger partial charge is 0.163 e. The second-order valence-electron chi connectivity index (χ2n) is 6.57. The molecule has 0 N–H and O–H groups in total. The highest BCUT2D eigenvalue weighted by atomic mass is 16.1. The fraction of sp³-hybridized carbons (Fsp3) is 0.550. The van der Waals surface area contributed by atoms with Crippen LogP contribution < -0.4 is 0 Å². The summed E-state index contributed by atoms with van der Waals surface area (Å²) in [6, 6.07) is 0. The van der Waals surface area contributed by atoms with E-state index in [0.717, 1.165) is 31.3 Å². The van der Waals surface area contributed by atoms with E-state index in [1.165, 1.54) is 16.7 Å². The summed E-state index contributed by atoms with van der Waals surface area (Å²) in [4.78, 5) is 12.5. The van der Waals surface area contributed by atoms with Crippen molar-refractivity contribution in [1.82, 2.24) is 0 Å². The monoisotopic (exact) mass is 286 g/mol. The zero-order valence-corrected chi connectivity index (χ0v) is 14.3.